The number of carbonyl (C=O) groups is 1. The summed E-state index contributed by atoms with van der Waals surface area (Å²) in [4.78, 5) is 23.2. The fourth-order valence-corrected chi connectivity index (χ4v) is 1.50. The molecule has 5 nitrogen and oxygen atoms in total. The number of benzene rings is 1. The molecular formula is C12H9N3O2. The van der Waals surface area contributed by atoms with Gasteiger partial charge in [0.25, 0.3) is 11.5 Å². The summed E-state index contributed by atoms with van der Waals surface area (Å²) in [6, 6.07) is 6.76. The van der Waals surface area contributed by atoms with Gasteiger partial charge in [0, 0.05) is 5.39 Å². The van der Waals surface area contributed by atoms with E-state index in [0.717, 1.165) is 0 Å². The standard InChI is InChI=1S/C12H9N3O2/c1-2-7-13-12(17)10-8-5-3-4-6-9(8)11(16)15-14-10/h1,3-6H,7H2,(H,13,17)(H,15,16). The number of nitrogens with zero attached hydrogens (tertiary/aromatic N) is 1. The number of rotatable bonds is 2. The quantitative estimate of drug-likeness (QED) is 0.724. The van der Waals surface area contributed by atoms with Crippen molar-refractivity contribution in [3.8, 4) is 12.3 Å². The van der Waals surface area contributed by atoms with E-state index in [1.165, 1.54) is 0 Å². The van der Waals surface area contributed by atoms with Crippen LogP contribution in [-0.4, -0.2) is 22.6 Å². The molecular weight excluding hydrogens is 218 g/mol. The van der Waals surface area contributed by atoms with Crippen LogP contribution in [0.2, 0.25) is 0 Å². The molecule has 0 aliphatic rings. The van der Waals surface area contributed by atoms with Crippen molar-refractivity contribution in [3.63, 3.8) is 0 Å². The molecule has 0 saturated carbocycles. The normalized spacial score (nSPS) is 9.82. The molecule has 0 radical (unpaired) electrons. The fraction of sp³-hybridized carbons (Fsp3) is 0.0833. The first-order valence-electron chi connectivity index (χ1n) is 4.93. The van der Waals surface area contributed by atoms with Gasteiger partial charge in [0.15, 0.2) is 5.69 Å². The molecule has 2 N–H and O–H groups in total. The molecule has 0 spiro atoms. The molecule has 0 fully saturated rings. The van der Waals surface area contributed by atoms with Crippen LogP contribution in [0.15, 0.2) is 29.1 Å². The summed E-state index contributed by atoms with van der Waals surface area (Å²) >= 11 is 0. The summed E-state index contributed by atoms with van der Waals surface area (Å²) in [5.41, 5.74) is -0.162. The van der Waals surface area contributed by atoms with Crippen LogP contribution in [0.4, 0.5) is 0 Å². The molecule has 0 atom stereocenters. The Morgan fingerprint density at radius 2 is 2.12 bits per heavy atom. The summed E-state index contributed by atoms with van der Waals surface area (Å²) in [6.45, 7) is 0.119. The first-order valence-corrected chi connectivity index (χ1v) is 4.93. The van der Waals surface area contributed by atoms with Crippen LogP contribution in [-0.2, 0) is 0 Å². The number of hydrogen-bond donors (Lipinski definition) is 2. The molecule has 1 aromatic carbocycles. The Kier molecular flexibility index (Phi) is 2.88. The molecule has 17 heavy (non-hydrogen) atoms. The van der Waals surface area contributed by atoms with Gasteiger partial charge in [-0.3, -0.25) is 9.59 Å². The second kappa shape index (κ2) is 4.49. The fourth-order valence-electron chi connectivity index (χ4n) is 1.50. The lowest BCUT2D eigenvalue weighted by molar-refractivity contribution is 0.0954. The van der Waals surface area contributed by atoms with E-state index in [1.807, 2.05) is 0 Å². The van der Waals surface area contributed by atoms with Gasteiger partial charge < -0.3 is 5.32 Å². The lowest BCUT2D eigenvalue weighted by Crippen LogP contribution is -2.26. The van der Waals surface area contributed by atoms with E-state index in [2.05, 4.69) is 21.4 Å². The SMILES string of the molecule is C#CCNC(=O)c1n[nH]c(=O)c2ccccc12. The largest absolute Gasteiger partial charge is 0.340 e. The van der Waals surface area contributed by atoms with Crippen molar-refractivity contribution < 1.29 is 4.79 Å². The number of hydrogen-bond acceptors (Lipinski definition) is 3. The van der Waals surface area contributed by atoms with Crippen molar-refractivity contribution in [3.05, 3.63) is 40.3 Å². The van der Waals surface area contributed by atoms with Gasteiger partial charge in [-0.2, -0.15) is 5.10 Å². The van der Waals surface area contributed by atoms with Crippen LogP contribution < -0.4 is 10.9 Å². The monoisotopic (exact) mass is 227 g/mol. The number of aromatic nitrogens is 2. The smallest absolute Gasteiger partial charge is 0.273 e. The minimum Gasteiger partial charge on any atom is -0.340 e. The highest BCUT2D eigenvalue weighted by molar-refractivity contribution is 6.04. The number of carbonyl (C=O) groups excluding carboxylic acids is 1. The number of amides is 1. The summed E-state index contributed by atoms with van der Waals surface area (Å²) in [5, 5.41) is 9.45. The summed E-state index contributed by atoms with van der Waals surface area (Å²) in [7, 11) is 0. The third-order valence-corrected chi connectivity index (χ3v) is 2.26. The molecule has 0 aliphatic heterocycles. The first kappa shape index (κ1) is 10.9. The number of nitrogens with one attached hydrogen (secondary N) is 2. The summed E-state index contributed by atoms with van der Waals surface area (Å²) < 4.78 is 0. The molecule has 1 heterocycles. The van der Waals surface area contributed by atoms with Gasteiger partial charge in [0.1, 0.15) is 0 Å². The lowest BCUT2D eigenvalue weighted by Gasteiger charge is -2.03. The van der Waals surface area contributed by atoms with E-state index in [1.54, 1.807) is 24.3 Å². The number of terminal acetylenes is 1. The molecule has 1 aromatic heterocycles. The van der Waals surface area contributed by atoms with Crippen molar-refractivity contribution in [1.29, 1.82) is 0 Å². The maximum absolute atomic E-state index is 11.7. The molecule has 2 rings (SSSR count). The molecule has 0 bridgehead atoms. The van der Waals surface area contributed by atoms with Gasteiger partial charge in [0.05, 0.1) is 11.9 Å². The summed E-state index contributed by atoms with van der Waals surface area (Å²) in [5.74, 6) is 1.89. The van der Waals surface area contributed by atoms with Crippen LogP contribution in [0.25, 0.3) is 10.8 Å². The van der Waals surface area contributed by atoms with Crippen LogP contribution in [0, 0.1) is 12.3 Å². The number of H-pyrrole nitrogens is 1. The van der Waals surface area contributed by atoms with E-state index < -0.39 is 5.91 Å². The average Bonchev–Trinajstić information content (AvgIpc) is 2.37. The van der Waals surface area contributed by atoms with E-state index in [0.29, 0.717) is 10.8 Å². The number of fused-ring (bicyclic) bond motifs is 1. The molecule has 0 unspecified atom stereocenters. The zero-order valence-electron chi connectivity index (χ0n) is 8.86. The maximum atomic E-state index is 11.7. The zero-order valence-corrected chi connectivity index (χ0v) is 8.86. The molecule has 84 valence electrons. The maximum Gasteiger partial charge on any atom is 0.273 e. The molecule has 0 saturated heterocycles. The topological polar surface area (TPSA) is 74.8 Å². The third-order valence-electron chi connectivity index (χ3n) is 2.26. The first-order chi connectivity index (χ1) is 8.24. The highest BCUT2D eigenvalue weighted by Crippen LogP contribution is 2.11. The predicted molar refractivity (Wildman–Crippen MR) is 63.5 cm³/mol. The van der Waals surface area contributed by atoms with Crippen molar-refractivity contribution >= 4 is 16.7 Å². The van der Waals surface area contributed by atoms with E-state index in [9.17, 15) is 9.59 Å². The van der Waals surface area contributed by atoms with Crippen LogP contribution in [0.1, 0.15) is 10.5 Å². The second-order valence-corrected chi connectivity index (χ2v) is 3.33. The second-order valence-electron chi connectivity index (χ2n) is 3.33. The van der Waals surface area contributed by atoms with Gasteiger partial charge >= 0.3 is 0 Å². The van der Waals surface area contributed by atoms with Crippen LogP contribution in [0.5, 0.6) is 0 Å². The Morgan fingerprint density at radius 3 is 2.82 bits per heavy atom. The van der Waals surface area contributed by atoms with Crippen molar-refractivity contribution in [2.75, 3.05) is 6.54 Å². The van der Waals surface area contributed by atoms with E-state index >= 15 is 0 Å². The Morgan fingerprint density at radius 1 is 1.41 bits per heavy atom. The third kappa shape index (κ3) is 2.01. The van der Waals surface area contributed by atoms with Crippen LogP contribution >= 0.6 is 0 Å². The van der Waals surface area contributed by atoms with Crippen molar-refractivity contribution in [2.24, 2.45) is 0 Å². The molecule has 1 amide bonds. The minimum atomic E-state index is -0.407. The van der Waals surface area contributed by atoms with Gasteiger partial charge in [-0.05, 0) is 6.07 Å². The van der Waals surface area contributed by atoms with Crippen molar-refractivity contribution in [1.82, 2.24) is 15.5 Å². The molecule has 2 aromatic rings. The van der Waals surface area contributed by atoms with E-state index in [-0.39, 0.29) is 17.8 Å². The number of aromatic amines is 1. The lowest BCUT2D eigenvalue weighted by atomic mass is 10.1. The van der Waals surface area contributed by atoms with Gasteiger partial charge in [-0.15, -0.1) is 6.42 Å². The Labute approximate surface area is 96.9 Å². The molecule has 5 heteroatoms. The van der Waals surface area contributed by atoms with Crippen molar-refractivity contribution in [2.45, 2.75) is 0 Å². The zero-order chi connectivity index (χ0) is 12.3. The Balaban J connectivity index is 2.56. The van der Waals surface area contributed by atoms with Gasteiger partial charge in [-0.25, -0.2) is 5.10 Å². The highest BCUT2D eigenvalue weighted by atomic mass is 16.2. The Hall–Kier alpha value is -2.61. The molecule has 0 aliphatic carbocycles. The van der Waals surface area contributed by atoms with Gasteiger partial charge in [0.2, 0.25) is 0 Å². The minimum absolute atomic E-state index is 0.119. The van der Waals surface area contributed by atoms with Crippen LogP contribution in [0.3, 0.4) is 0 Å². The summed E-state index contributed by atoms with van der Waals surface area (Å²) in [6.07, 6.45) is 5.05. The Bertz CT molecular complexity index is 667. The average molecular weight is 227 g/mol. The van der Waals surface area contributed by atoms with E-state index in [4.69, 9.17) is 6.42 Å². The predicted octanol–water partition coefficient (Wildman–Crippen LogP) is 0.286. The van der Waals surface area contributed by atoms with Gasteiger partial charge in [-0.1, -0.05) is 24.1 Å². The highest BCUT2D eigenvalue weighted by Gasteiger charge is 2.12.